The molecule has 0 N–H and O–H groups in total. The molecule has 1 unspecified atom stereocenters. The van der Waals surface area contributed by atoms with Crippen molar-refractivity contribution in [3.63, 3.8) is 0 Å². The molecule has 0 heterocycles. The molecule has 0 aromatic carbocycles. The predicted octanol–water partition coefficient (Wildman–Crippen LogP) is 71.8. The third-order valence-corrected chi connectivity index (χ3v) is 263. The van der Waals surface area contributed by atoms with Crippen LogP contribution in [0.4, 0.5) is 0 Å². The van der Waals surface area contributed by atoms with Crippen LogP contribution < -0.4 is 0 Å². The van der Waals surface area contributed by atoms with Crippen LogP contribution in [0.2, 0.25) is 0 Å². The fourth-order valence-corrected chi connectivity index (χ4v) is 349. The van der Waals surface area contributed by atoms with E-state index in [4.69, 9.17) is 0 Å². The van der Waals surface area contributed by atoms with Gasteiger partial charge in [0.2, 0.25) is 0 Å². The van der Waals surface area contributed by atoms with Gasteiger partial charge in [0.25, 0.3) is 0 Å². The Morgan fingerprint density at radius 2 is 0.155 bits per heavy atom. The molecule has 0 radical (unpaired) electrons. The average molecular weight is 2600 g/mol. The summed E-state index contributed by atoms with van der Waals surface area (Å²) in [7, 11) is 136. The van der Waals surface area contributed by atoms with Gasteiger partial charge in [0, 0.05) is 453 Å². The van der Waals surface area contributed by atoms with Crippen molar-refractivity contribution in [2.45, 2.75) is 0 Å². The van der Waals surface area contributed by atoms with E-state index in [2.05, 4.69) is 17.3 Å². The van der Waals surface area contributed by atoms with Crippen molar-refractivity contribution in [1.29, 1.82) is 0 Å². The van der Waals surface area contributed by atoms with E-state index in [0.717, 1.165) is 0 Å². The average Bonchev–Trinajstić information content (AvgIpc) is 3.50. The molecule has 84 heavy (non-hydrogen) atoms. The molecule has 422 valence electrons. The maximum atomic E-state index is 4.24. The Hall–Kier alpha value is 25.6. The molecule has 0 nitrogen and oxygen atoms in total. The normalized spacial score (nSPS) is 15.6. The minimum atomic E-state index is 1.21. The summed E-state index contributed by atoms with van der Waals surface area (Å²) in [6.07, 6.45) is 0. The van der Waals surface area contributed by atoms with Gasteiger partial charge < -0.3 is 0 Å². The van der Waals surface area contributed by atoms with Crippen LogP contribution in [0, 0.1) is 0 Å². The SMILES string of the molecule is P#P=P\P=P/P=P\P=P/P=P\P=P/P=P\P=P/P=P\P=P/P=P\P=P/P=P\P=P/P=P\P=P/P=P\P=P/P=P\P=P/P=P\P=P/P=P\P=P/P=P\P=P/P=P\P=P/P=P\P=P/P=P\P=P/P=P\P=P/P=P\P=P/P=P\P=P/P=P\P=P/P=P\P. The molecule has 0 fully saturated rings. The van der Waals surface area contributed by atoms with Gasteiger partial charge in [0.1, 0.15) is 0 Å². The minimum Gasteiger partial charge on any atom is -0.0774 e. The third-order valence-electron chi connectivity index (χ3n) is 3.25. The molecular weight excluding hydrogens is 2600 g/mol. The van der Waals surface area contributed by atoms with Gasteiger partial charge in [0.05, 0.1) is 0 Å². The second kappa shape index (κ2) is 109. The van der Waals surface area contributed by atoms with Crippen LogP contribution in [-0.4, -0.2) is 0 Å². The van der Waals surface area contributed by atoms with Crippen molar-refractivity contribution < 1.29 is 0 Å². The first kappa shape index (κ1) is 110. The van der Waals surface area contributed by atoms with E-state index in [1.54, 1.807) is 582 Å². The summed E-state index contributed by atoms with van der Waals surface area (Å²) in [6.45, 7) is 1.21. The molecule has 0 rings (SSSR count). The van der Waals surface area contributed by atoms with Crippen LogP contribution >= 0.6 is 636 Å². The second-order valence-corrected chi connectivity index (χ2v) is 199. The van der Waals surface area contributed by atoms with Crippen molar-refractivity contribution in [3.05, 3.63) is 0 Å². The van der Waals surface area contributed by atoms with E-state index in [1.807, 2.05) is 0 Å². The van der Waals surface area contributed by atoms with Crippen LogP contribution in [0.1, 0.15) is 0 Å². The summed E-state index contributed by atoms with van der Waals surface area (Å²) in [5, 5.41) is 0. The Balaban J connectivity index is 4.11. The fraction of sp³-hybridized carbons (Fsp3) is 0. The van der Waals surface area contributed by atoms with Crippen LogP contribution in [0.15, 0.2) is 0 Å². The quantitative estimate of drug-likeness (QED) is 0.0537. The zero-order valence-electron chi connectivity index (χ0n) is 37.7. The molecule has 0 saturated carbocycles. The Labute approximate surface area is 625 Å². The summed E-state index contributed by atoms with van der Waals surface area (Å²) >= 11 is 0. The number of hydrogen-bond donors (Lipinski definition) is 0. The van der Waals surface area contributed by atoms with Crippen LogP contribution in [0.5, 0.6) is 0 Å². The molecular formula is H2P84. The second-order valence-electron chi connectivity index (χ2n) is 7.36. The van der Waals surface area contributed by atoms with Crippen molar-refractivity contribution in [2.24, 2.45) is 0 Å². The molecule has 0 saturated heterocycles. The predicted molar refractivity (Wildman–Crippen MR) is 584 cm³/mol. The van der Waals surface area contributed by atoms with Gasteiger partial charge in [-0.15, -0.1) is 0 Å². The molecule has 0 aromatic heterocycles. The summed E-state index contributed by atoms with van der Waals surface area (Å²) in [6, 6.07) is 0. The van der Waals surface area contributed by atoms with Crippen molar-refractivity contribution >= 4 is 636 Å². The van der Waals surface area contributed by atoms with Crippen molar-refractivity contribution in [3.8, 4) is 0 Å². The summed E-state index contributed by atoms with van der Waals surface area (Å²) in [5.74, 6) is 0. The Morgan fingerprint density at radius 1 is 0.0952 bits per heavy atom. The fourth-order valence-electron chi connectivity index (χ4n) is 1.44. The molecule has 0 aliphatic carbocycles. The van der Waals surface area contributed by atoms with E-state index in [-0.39, 0.29) is 0 Å². The molecule has 84 heteroatoms. The van der Waals surface area contributed by atoms with E-state index in [9.17, 15) is 0 Å². The van der Waals surface area contributed by atoms with Crippen LogP contribution in [-0.2, 0) is 0 Å². The standard InChI is InChI=1S/H2P84/c1-3-5-7-9-11-13-15-17-19-21-23-25-27-29-31-33-35-37-39-41-43-45-47-49-51-53-55-57-59-61-63-65-67-69-71-73-75-77-79-81-83-84-82-80-78-76-74-72-70-68-66-64-62-60-58-56-54-52-50-48-46-44-42-40-38-36-34-32-30-28-26-24-22-20-18-16-14-12-10-8-6-4-2/h1H2. The number of rotatable bonds is 40. The van der Waals surface area contributed by atoms with Crippen LogP contribution in [0.3, 0.4) is 0 Å². The molecule has 1 atom stereocenters. The summed E-state index contributed by atoms with van der Waals surface area (Å²) < 4.78 is 0. The van der Waals surface area contributed by atoms with Gasteiger partial charge in [-0.05, 0) is 68.0 Å². The van der Waals surface area contributed by atoms with Gasteiger partial charge in [-0.3, -0.25) is 0 Å². The van der Waals surface area contributed by atoms with Crippen LogP contribution in [0.25, 0.3) is 0 Å². The first-order chi connectivity index (χ1) is 41.9. The number of hydrogen-bond acceptors (Lipinski definition) is 0. The first-order valence-corrected chi connectivity index (χ1v) is 150. The van der Waals surface area contributed by atoms with Gasteiger partial charge in [-0.25, -0.2) is 0 Å². The topological polar surface area (TPSA) is 0 Å². The zero-order valence-corrected chi connectivity index (χ0v) is 113. The smallest absolute Gasteiger partial charge is 0.0774 e. The van der Waals surface area contributed by atoms with Gasteiger partial charge in [0.15, 0.2) is 0 Å². The molecule has 0 aliphatic rings. The molecule has 0 bridgehead atoms. The van der Waals surface area contributed by atoms with E-state index >= 15 is 0 Å². The minimum absolute atomic E-state index is 1.21. The molecule has 0 aliphatic heterocycles. The molecule has 0 aromatic rings. The molecule has 0 amide bonds. The summed E-state index contributed by atoms with van der Waals surface area (Å²) in [4.78, 5) is 0. The van der Waals surface area contributed by atoms with E-state index in [1.165, 1.54) is 37.2 Å². The van der Waals surface area contributed by atoms with Gasteiger partial charge in [-0.2, -0.15) is 0 Å². The first-order valence-electron chi connectivity index (χ1n) is 16.7. The Bertz CT molecular complexity index is 3090. The Morgan fingerprint density at radius 3 is 0.214 bits per heavy atom. The van der Waals surface area contributed by atoms with Gasteiger partial charge >= 0.3 is 106 Å². The zero-order chi connectivity index (χ0) is 60.0. The Kier molecular flexibility index (Phi) is 142. The third kappa shape index (κ3) is 108. The molecule has 0 spiro atoms. The maximum absolute atomic E-state index is 4.24. The van der Waals surface area contributed by atoms with Crippen molar-refractivity contribution in [2.75, 3.05) is 0 Å². The van der Waals surface area contributed by atoms with E-state index in [0.29, 0.717) is 0 Å². The monoisotopic (exact) mass is 2600 g/mol. The summed E-state index contributed by atoms with van der Waals surface area (Å²) in [5.41, 5.74) is 0. The van der Waals surface area contributed by atoms with E-state index < -0.39 is 0 Å². The van der Waals surface area contributed by atoms with Gasteiger partial charge in [-0.1, -0.05) is 8.93 Å². The van der Waals surface area contributed by atoms with Crippen molar-refractivity contribution in [1.82, 2.24) is 0 Å².